The molecule has 2 aromatic heterocycles. The molecule has 0 atom stereocenters. The number of oxazole rings is 1. The number of thiophene rings is 1. The first-order chi connectivity index (χ1) is 8.20. The fourth-order valence-corrected chi connectivity index (χ4v) is 1.93. The maximum atomic E-state index is 8.91. The van der Waals surface area contributed by atoms with Crippen molar-refractivity contribution >= 4 is 29.4 Å². The van der Waals surface area contributed by atoms with Crippen LogP contribution in [0.25, 0.3) is 12.2 Å². The largest absolute Gasteiger partial charge is 0.420 e. The van der Waals surface area contributed by atoms with E-state index >= 15 is 0 Å². The number of nitrogens with zero attached hydrogens (tertiary/aromatic N) is 3. The third-order valence-electron chi connectivity index (χ3n) is 2.07. The molecule has 17 heavy (non-hydrogen) atoms. The molecule has 0 aromatic carbocycles. The first kappa shape index (κ1) is 11.4. The third-order valence-corrected chi connectivity index (χ3v) is 2.91. The Labute approximate surface area is 103 Å². The highest BCUT2D eigenvalue weighted by molar-refractivity contribution is 7.10. The van der Waals surface area contributed by atoms with Gasteiger partial charge < -0.3 is 9.32 Å². The van der Waals surface area contributed by atoms with Gasteiger partial charge in [0.2, 0.25) is 17.5 Å². The molecule has 0 fully saturated rings. The molecule has 0 aliphatic carbocycles. The molecule has 2 rings (SSSR count). The molecular weight excluding hydrogens is 234 g/mol. The van der Waals surface area contributed by atoms with Crippen LogP contribution in [-0.2, 0) is 0 Å². The van der Waals surface area contributed by atoms with E-state index in [1.807, 2.05) is 43.8 Å². The summed E-state index contributed by atoms with van der Waals surface area (Å²) >= 11 is 1.63. The molecule has 86 valence electrons. The van der Waals surface area contributed by atoms with Gasteiger partial charge in [0, 0.05) is 25.0 Å². The summed E-state index contributed by atoms with van der Waals surface area (Å²) in [4.78, 5) is 6.95. The summed E-state index contributed by atoms with van der Waals surface area (Å²) in [6, 6.07) is 5.99. The van der Waals surface area contributed by atoms with Crippen molar-refractivity contribution in [3.05, 3.63) is 34.0 Å². The zero-order chi connectivity index (χ0) is 12.3. The highest BCUT2D eigenvalue weighted by atomic mass is 32.1. The van der Waals surface area contributed by atoms with Gasteiger partial charge in [0.15, 0.2) is 0 Å². The van der Waals surface area contributed by atoms with E-state index in [1.54, 1.807) is 22.3 Å². The Morgan fingerprint density at radius 3 is 2.82 bits per heavy atom. The number of rotatable bonds is 3. The van der Waals surface area contributed by atoms with Gasteiger partial charge >= 0.3 is 0 Å². The Hall–Kier alpha value is -2.06. The summed E-state index contributed by atoms with van der Waals surface area (Å²) in [5.41, 5.74) is 0.306. The molecule has 0 bridgehead atoms. The second-order valence-electron chi connectivity index (χ2n) is 3.56. The lowest BCUT2D eigenvalue weighted by Crippen LogP contribution is -2.08. The van der Waals surface area contributed by atoms with Gasteiger partial charge in [-0.05, 0) is 17.5 Å². The molecule has 0 unspecified atom stereocenters. The predicted molar refractivity (Wildman–Crippen MR) is 68.8 cm³/mol. The van der Waals surface area contributed by atoms with Crippen molar-refractivity contribution in [1.29, 1.82) is 5.26 Å². The van der Waals surface area contributed by atoms with Crippen LogP contribution in [0, 0.1) is 11.3 Å². The number of anilines is 1. The topological polar surface area (TPSA) is 53.1 Å². The van der Waals surface area contributed by atoms with Gasteiger partial charge in [-0.1, -0.05) is 6.07 Å². The fourth-order valence-electron chi connectivity index (χ4n) is 1.31. The summed E-state index contributed by atoms with van der Waals surface area (Å²) in [6.07, 6.45) is 3.68. The van der Waals surface area contributed by atoms with E-state index in [-0.39, 0.29) is 0 Å². The molecule has 2 heterocycles. The maximum absolute atomic E-state index is 8.91. The summed E-state index contributed by atoms with van der Waals surface area (Å²) in [7, 11) is 3.63. The summed E-state index contributed by atoms with van der Waals surface area (Å²) in [5.74, 6) is 0.928. The van der Waals surface area contributed by atoms with Crippen molar-refractivity contribution in [2.75, 3.05) is 19.0 Å². The van der Waals surface area contributed by atoms with Crippen LogP contribution in [0.5, 0.6) is 0 Å². The van der Waals surface area contributed by atoms with Crippen LogP contribution in [0.1, 0.15) is 16.5 Å². The van der Waals surface area contributed by atoms with Gasteiger partial charge in [-0.25, -0.2) is 0 Å². The zero-order valence-electron chi connectivity index (χ0n) is 9.54. The first-order valence-electron chi connectivity index (χ1n) is 5.00. The van der Waals surface area contributed by atoms with Crippen LogP contribution in [0.3, 0.4) is 0 Å². The summed E-state index contributed by atoms with van der Waals surface area (Å²) < 4.78 is 5.48. The normalized spacial score (nSPS) is 10.6. The molecule has 0 N–H and O–H groups in total. The standard InChI is InChI=1S/C12H11N3OS/c1-15(2)12-10(8-13)14-11(16-12)6-5-9-4-3-7-17-9/h3-7H,1-2H3/b6-5+. The number of hydrogen-bond acceptors (Lipinski definition) is 5. The average molecular weight is 245 g/mol. The van der Waals surface area contributed by atoms with Gasteiger partial charge in [0.05, 0.1) is 0 Å². The molecule has 0 radical (unpaired) electrons. The van der Waals surface area contributed by atoms with E-state index in [2.05, 4.69) is 4.98 Å². The quantitative estimate of drug-likeness (QED) is 0.834. The smallest absolute Gasteiger partial charge is 0.234 e. The van der Waals surface area contributed by atoms with Crippen LogP contribution >= 0.6 is 11.3 Å². The van der Waals surface area contributed by atoms with Crippen LogP contribution in [0.15, 0.2) is 21.9 Å². The first-order valence-corrected chi connectivity index (χ1v) is 5.88. The monoisotopic (exact) mass is 245 g/mol. The third kappa shape index (κ3) is 2.55. The van der Waals surface area contributed by atoms with Crippen molar-refractivity contribution in [3.8, 4) is 6.07 Å². The second-order valence-corrected chi connectivity index (χ2v) is 4.54. The number of aromatic nitrogens is 1. The minimum atomic E-state index is 0.306. The lowest BCUT2D eigenvalue weighted by molar-refractivity contribution is 0.545. The van der Waals surface area contributed by atoms with E-state index in [9.17, 15) is 0 Å². The van der Waals surface area contributed by atoms with Gasteiger partial charge in [0.25, 0.3) is 0 Å². The second kappa shape index (κ2) is 4.85. The minimum absolute atomic E-state index is 0.306. The van der Waals surface area contributed by atoms with E-state index < -0.39 is 0 Å². The van der Waals surface area contributed by atoms with E-state index in [4.69, 9.17) is 9.68 Å². The Bertz CT molecular complexity index is 561. The Balaban J connectivity index is 2.26. The molecule has 0 aliphatic rings. The van der Waals surface area contributed by atoms with Crippen molar-refractivity contribution in [2.24, 2.45) is 0 Å². The van der Waals surface area contributed by atoms with Gasteiger partial charge in [0.1, 0.15) is 6.07 Å². The minimum Gasteiger partial charge on any atom is -0.420 e. The molecule has 0 amide bonds. The van der Waals surface area contributed by atoms with Crippen molar-refractivity contribution in [1.82, 2.24) is 4.98 Å². The van der Waals surface area contributed by atoms with Crippen LogP contribution in [0.2, 0.25) is 0 Å². The van der Waals surface area contributed by atoms with Crippen LogP contribution in [-0.4, -0.2) is 19.1 Å². The predicted octanol–water partition coefficient (Wildman–Crippen LogP) is 2.84. The van der Waals surface area contributed by atoms with Crippen molar-refractivity contribution in [3.63, 3.8) is 0 Å². The Kier molecular flexibility index (Phi) is 3.26. The van der Waals surface area contributed by atoms with Crippen molar-refractivity contribution in [2.45, 2.75) is 0 Å². The summed E-state index contributed by atoms with van der Waals surface area (Å²) in [6.45, 7) is 0. The molecule has 4 nitrogen and oxygen atoms in total. The maximum Gasteiger partial charge on any atom is 0.234 e. The van der Waals surface area contributed by atoms with Crippen molar-refractivity contribution < 1.29 is 4.42 Å². The number of hydrogen-bond donors (Lipinski definition) is 0. The zero-order valence-corrected chi connectivity index (χ0v) is 10.4. The summed E-state index contributed by atoms with van der Waals surface area (Å²) in [5, 5.41) is 10.9. The van der Waals surface area contributed by atoms with Crippen LogP contribution in [0.4, 0.5) is 5.88 Å². The number of nitriles is 1. The van der Waals surface area contributed by atoms with Gasteiger partial charge in [-0.3, -0.25) is 0 Å². The SMILES string of the molecule is CN(C)c1oc(/C=C/c2cccs2)nc1C#N. The lowest BCUT2D eigenvalue weighted by Gasteiger charge is -2.05. The molecule has 2 aromatic rings. The molecule has 0 aliphatic heterocycles. The van der Waals surface area contributed by atoms with Gasteiger partial charge in [-0.2, -0.15) is 10.2 Å². The Morgan fingerprint density at radius 2 is 2.29 bits per heavy atom. The fraction of sp³-hybridized carbons (Fsp3) is 0.167. The molecular formula is C12H11N3OS. The Morgan fingerprint density at radius 1 is 1.47 bits per heavy atom. The van der Waals surface area contributed by atoms with Gasteiger partial charge in [-0.15, -0.1) is 11.3 Å². The highest BCUT2D eigenvalue weighted by Crippen LogP contribution is 2.21. The molecule has 0 spiro atoms. The van der Waals surface area contributed by atoms with E-state index in [1.165, 1.54) is 0 Å². The average Bonchev–Trinajstić information content (AvgIpc) is 2.95. The van der Waals surface area contributed by atoms with Crippen LogP contribution < -0.4 is 4.90 Å². The van der Waals surface area contributed by atoms with E-state index in [0.717, 1.165) is 4.88 Å². The highest BCUT2D eigenvalue weighted by Gasteiger charge is 2.12. The lowest BCUT2D eigenvalue weighted by atomic mass is 10.4. The van der Waals surface area contributed by atoms with E-state index in [0.29, 0.717) is 17.5 Å². The molecule has 0 saturated heterocycles. The molecule has 0 saturated carbocycles. The molecule has 5 heteroatoms.